The van der Waals surface area contributed by atoms with Crippen LogP contribution in [-0.4, -0.2) is 41.4 Å². The first kappa shape index (κ1) is 34.4. The minimum atomic E-state index is -1.02. The Morgan fingerprint density at radius 1 is 0.872 bits per heavy atom. The fourth-order valence-electron chi connectivity index (χ4n) is 5.85. The Labute approximate surface area is 290 Å². The molecule has 47 heavy (non-hydrogen) atoms. The van der Waals surface area contributed by atoms with Crippen LogP contribution in [0.3, 0.4) is 0 Å². The van der Waals surface area contributed by atoms with Crippen molar-refractivity contribution in [3.8, 4) is 22.6 Å². The van der Waals surface area contributed by atoms with Crippen LogP contribution in [-0.2, 0) is 21.8 Å². The van der Waals surface area contributed by atoms with Crippen LogP contribution >= 0.6 is 8.30 Å². The van der Waals surface area contributed by atoms with E-state index in [1.54, 1.807) is 6.07 Å². The van der Waals surface area contributed by atoms with E-state index in [2.05, 4.69) is 98.0 Å². The monoisotopic (exact) mass is 684 g/mol. The van der Waals surface area contributed by atoms with Gasteiger partial charge in [-0.1, -0.05) is 99.2 Å². The Bertz CT molecular complexity index is 1910. The number of ether oxygens (including phenoxy) is 1. The SMILES string of the molecule is CC(C)[C@H]1COC([c-]2cccc2)=N1.CCN(CC)[P@@](Oc1ccc2ccccc2c1-c1c(O)ccc2ccccc12)c1ccc[cH-]1.[Fe+2]. The first-order chi connectivity index (χ1) is 22.5. The van der Waals surface area contributed by atoms with Gasteiger partial charge in [0.15, 0.2) is 14.2 Å². The number of fused-ring (bicyclic) bond motifs is 2. The topological polar surface area (TPSA) is 54.3 Å². The number of hydrogen-bond donors (Lipinski definition) is 1. The summed E-state index contributed by atoms with van der Waals surface area (Å²) in [7, 11) is -1.02. The molecule has 0 unspecified atom stereocenters. The van der Waals surface area contributed by atoms with Crippen molar-refractivity contribution in [2.45, 2.75) is 33.7 Å². The quantitative estimate of drug-likeness (QED) is 0.0937. The maximum atomic E-state index is 11.1. The molecular weight excluding hydrogens is 643 g/mol. The van der Waals surface area contributed by atoms with Crippen LogP contribution in [0, 0.1) is 5.92 Å². The predicted molar refractivity (Wildman–Crippen MR) is 194 cm³/mol. The first-order valence-corrected chi connectivity index (χ1v) is 17.3. The third-order valence-corrected chi connectivity index (χ3v) is 10.6. The zero-order valence-electron chi connectivity index (χ0n) is 27.3. The van der Waals surface area contributed by atoms with Gasteiger partial charge in [0.2, 0.25) is 0 Å². The number of aromatic hydroxyl groups is 1. The molecule has 7 heteroatoms. The molecule has 1 aliphatic rings. The van der Waals surface area contributed by atoms with Gasteiger partial charge in [0.25, 0.3) is 0 Å². The van der Waals surface area contributed by atoms with Crippen molar-refractivity contribution < 1.29 is 31.4 Å². The Balaban J connectivity index is 0.000000260. The molecule has 6 aromatic rings. The van der Waals surface area contributed by atoms with Crippen molar-refractivity contribution in [1.29, 1.82) is 0 Å². The number of phenolic OH excluding ortho intramolecular Hbond substituents is 1. The summed E-state index contributed by atoms with van der Waals surface area (Å²) < 4.78 is 14.8. The number of aliphatic imine (C=N–C) groups is 1. The molecule has 5 nitrogen and oxygen atoms in total. The minimum absolute atomic E-state index is 0. The van der Waals surface area contributed by atoms with E-state index in [4.69, 9.17) is 9.26 Å². The summed E-state index contributed by atoms with van der Waals surface area (Å²) in [5.41, 5.74) is 2.86. The fourth-order valence-corrected chi connectivity index (χ4v) is 7.68. The summed E-state index contributed by atoms with van der Waals surface area (Å²) in [6, 6.07) is 41.2. The van der Waals surface area contributed by atoms with E-state index in [1.807, 2.05) is 54.6 Å². The van der Waals surface area contributed by atoms with Crippen LogP contribution in [0.5, 0.6) is 11.5 Å². The van der Waals surface area contributed by atoms with E-state index in [0.29, 0.717) is 12.0 Å². The van der Waals surface area contributed by atoms with E-state index in [0.717, 1.165) is 69.6 Å². The molecule has 242 valence electrons. The molecule has 0 aromatic heterocycles. The maximum Gasteiger partial charge on any atom is 2.00 e. The Morgan fingerprint density at radius 2 is 1.51 bits per heavy atom. The van der Waals surface area contributed by atoms with Gasteiger partial charge < -0.3 is 14.4 Å². The zero-order chi connectivity index (χ0) is 32.0. The molecule has 0 amide bonds. The summed E-state index contributed by atoms with van der Waals surface area (Å²) in [6.45, 7) is 11.2. The Hall–Kier alpha value is -3.92. The third-order valence-electron chi connectivity index (χ3n) is 8.44. The molecule has 6 aromatic carbocycles. The van der Waals surface area contributed by atoms with Crippen molar-refractivity contribution in [1.82, 2.24) is 4.67 Å². The van der Waals surface area contributed by atoms with Gasteiger partial charge in [-0.2, -0.15) is 24.3 Å². The largest absolute Gasteiger partial charge is 2.00 e. The van der Waals surface area contributed by atoms with E-state index >= 15 is 0 Å². The van der Waals surface area contributed by atoms with Gasteiger partial charge in [-0.3, -0.25) is 4.99 Å². The van der Waals surface area contributed by atoms with E-state index in [9.17, 15) is 5.11 Å². The molecule has 2 atom stereocenters. The average molecular weight is 685 g/mol. The van der Waals surface area contributed by atoms with Gasteiger partial charge >= 0.3 is 17.1 Å². The smallest absolute Gasteiger partial charge is 0.507 e. The summed E-state index contributed by atoms with van der Waals surface area (Å²) >= 11 is 0. The molecule has 0 saturated carbocycles. The Morgan fingerprint density at radius 3 is 2.11 bits per heavy atom. The summed E-state index contributed by atoms with van der Waals surface area (Å²) in [6.07, 6.45) is 0. The molecule has 0 aliphatic carbocycles. The van der Waals surface area contributed by atoms with E-state index in [-0.39, 0.29) is 22.8 Å². The van der Waals surface area contributed by atoms with Crippen LogP contribution in [0.2, 0.25) is 0 Å². The summed E-state index contributed by atoms with van der Waals surface area (Å²) in [4.78, 5) is 4.52. The molecule has 0 saturated heterocycles. The number of benzene rings is 4. The molecule has 0 fully saturated rings. The van der Waals surface area contributed by atoms with Crippen LogP contribution in [0.15, 0.2) is 126 Å². The third kappa shape index (κ3) is 7.48. The summed E-state index contributed by atoms with van der Waals surface area (Å²) in [5, 5.41) is 16.6. The zero-order valence-corrected chi connectivity index (χ0v) is 29.3. The molecule has 0 spiro atoms. The minimum Gasteiger partial charge on any atom is -0.507 e. The van der Waals surface area contributed by atoms with Gasteiger partial charge in [-0.15, -0.1) is 0 Å². The van der Waals surface area contributed by atoms with Crippen molar-refractivity contribution in [3.05, 3.63) is 127 Å². The summed E-state index contributed by atoms with van der Waals surface area (Å²) in [5.74, 6) is 2.42. The van der Waals surface area contributed by atoms with E-state index < -0.39 is 8.30 Å². The normalized spacial score (nSPS) is 14.8. The number of hydrogen-bond acceptors (Lipinski definition) is 5. The molecule has 1 heterocycles. The average Bonchev–Trinajstić information content (AvgIpc) is 3.89. The van der Waals surface area contributed by atoms with Crippen LogP contribution in [0.25, 0.3) is 32.7 Å². The molecule has 0 bridgehead atoms. The van der Waals surface area contributed by atoms with Crippen molar-refractivity contribution in [2.24, 2.45) is 10.9 Å². The van der Waals surface area contributed by atoms with E-state index in [1.165, 1.54) is 5.30 Å². The number of nitrogens with zero attached hydrogens (tertiary/aromatic N) is 2. The first-order valence-electron chi connectivity index (χ1n) is 16.1. The molecular formula is C40H41FeN2O3P. The predicted octanol–water partition coefficient (Wildman–Crippen LogP) is 9.65. The van der Waals surface area contributed by atoms with Crippen molar-refractivity contribution in [2.75, 3.05) is 19.7 Å². The van der Waals surface area contributed by atoms with Gasteiger partial charge in [0, 0.05) is 24.2 Å². The second-order valence-corrected chi connectivity index (χ2v) is 13.5. The molecule has 1 aliphatic heterocycles. The van der Waals surface area contributed by atoms with Crippen LogP contribution in [0.1, 0.15) is 33.3 Å². The molecule has 0 radical (unpaired) electrons. The van der Waals surface area contributed by atoms with Gasteiger partial charge in [0.05, 0.1) is 6.04 Å². The number of rotatable bonds is 9. The Kier molecular flexibility index (Phi) is 11.6. The van der Waals surface area contributed by atoms with Gasteiger partial charge in [-0.05, 0) is 39.6 Å². The van der Waals surface area contributed by atoms with Gasteiger partial charge in [-0.25, -0.2) is 28.9 Å². The van der Waals surface area contributed by atoms with Crippen LogP contribution in [0.4, 0.5) is 0 Å². The standard InChI is InChI=1S/C29H27NO2P.C11H14NO.Fe/c1-3-30(4-2)33(23-13-7-8-14-23)32-27-20-18-22-12-6-10-16-25(22)29(27)28-24-15-9-5-11-21(24)17-19-26(28)31;1-8(2)10-7-13-11(12-10)9-5-3-4-6-9;/h5-20,31H,3-4H2,1-2H3;3-6,8,10H,7H2,1-2H3;/q2*-1;+2/t33-;10-;/m01./s1. The van der Waals surface area contributed by atoms with Crippen molar-refractivity contribution in [3.63, 3.8) is 0 Å². The van der Waals surface area contributed by atoms with Crippen molar-refractivity contribution >= 4 is 41.0 Å². The second kappa shape index (κ2) is 15.8. The molecule has 1 N–H and O–H groups in total. The second-order valence-electron chi connectivity index (χ2n) is 11.7. The van der Waals surface area contributed by atoms with Crippen LogP contribution < -0.4 is 9.83 Å². The maximum absolute atomic E-state index is 11.1. The molecule has 7 rings (SSSR count). The fraction of sp³-hybridized carbons (Fsp3) is 0.225. The number of phenols is 1. The van der Waals surface area contributed by atoms with Gasteiger partial charge in [0.1, 0.15) is 18.1 Å².